The second-order valence-electron chi connectivity index (χ2n) is 7.88. The molecule has 27 heavy (non-hydrogen) atoms. The van der Waals surface area contributed by atoms with E-state index in [0.717, 1.165) is 64.4 Å². The van der Waals surface area contributed by atoms with E-state index >= 15 is 0 Å². The molecule has 1 aliphatic carbocycles. The molecule has 0 atom stereocenters. The van der Waals surface area contributed by atoms with E-state index < -0.39 is 0 Å². The minimum absolute atomic E-state index is 0. The molecule has 148 valence electrons. The van der Waals surface area contributed by atoms with Crippen LogP contribution in [-0.4, -0.2) is 70.9 Å². The average Bonchev–Trinajstić information content (AvgIpc) is 3.09. The topological polar surface area (TPSA) is 69.6 Å². The van der Waals surface area contributed by atoms with Crippen LogP contribution in [0.15, 0.2) is 18.5 Å². The molecular formula is C19H28ClN5O2. The van der Waals surface area contributed by atoms with Gasteiger partial charge in [-0.05, 0) is 24.3 Å². The van der Waals surface area contributed by atoms with E-state index in [1.54, 1.807) is 12.4 Å². The van der Waals surface area contributed by atoms with Crippen molar-refractivity contribution in [3.8, 4) is 0 Å². The maximum absolute atomic E-state index is 12.5. The minimum atomic E-state index is -0.00796. The first kappa shape index (κ1) is 20.0. The molecule has 2 aliphatic heterocycles. The van der Waals surface area contributed by atoms with Gasteiger partial charge in [-0.15, -0.1) is 12.4 Å². The van der Waals surface area contributed by atoms with Crippen LogP contribution in [0.5, 0.6) is 0 Å². The Labute approximate surface area is 166 Å². The van der Waals surface area contributed by atoms with Gasteiger partial charge in [-0.1, -0.05) is 12.8 Å². The number of imide groups is 1. The van der Waals surface area contributed by atoms with Crippen LogP contribution in [0.3, 0.4) is 0 Å². The van der Waals surface area contributed by atoms with Gasteiger partial charge in [0, 0.05) is 64.5 Å². The number of likely N-dealkylation sites (tertiary alicyclic amines) is 1. The SMILES string of the molecule is Cl.O=C1CC2(CCCC2)CC(=O)N1CCN1CCN(c2ncccn2)CC1. The maximum Gasteiger partial charge on any atom is 0.229 e. The van der Waals surface area contributed by atoms with Crippen molar-refractivity contribution in [2.45, 2.75) is 38.5 Å². The van der Waals surface area contributed by atoms with E-state index in [9.17, 15) is 9.59 Å². The molecule has 4 rings (SSSR count). The number of rotatable bonds is 4. The number of halogens is 1. The zero-order valence-corrected chi connectivity index (χ0v) is 16.5. The predicted octanol–water partition coefficient (Wildman–Crippen LogP) is 1.73. The van der Waals surface area contributed by atoms with Crippen molar-refractivity contribution < 1.29 is 9.59 Å². The molecule has 2 saturated heterocycles. The van der Waals surface area contributed by atoms with Crippen LogP contribution in [-0.2, 0) is 9.59 Å². The molecule has 7 nitrogen and oxygen atoms in total. The summed E-state index contributed by atoms with van der Waals surface area (Å²) < 4.78 is 0. The van der Waals surface area contributed by atoms with Crippen molar-refractivity contribution >= 4 is 30.2 Å². The highest BCUT2D eigenvalue weighted by Gasteiger charge is 2.44. The highest BCUT2D eigenvalue weighted by molar-refractivity contribution is 5.98. The molecular weight excluding hydrogens is 366 g/mol. The van der Waals surface area contributed by atoms with Crippen LogP contribution >= 0.6 is 12.4 Å². The van der Waals surface area contributed by atoms with Gasteiger partial charge < -0.3 is 4.90 Å². The van der Waals surface area contributed by atoms with E-state index in [1.807, 2.05) is 6.07 Å². The van der Waals surface area contributed by atoms with Crippen LogP contribution in [0.2, 0.25) is 0 Å². The number of anilines is 1. The number of aromatic nitrogens is 2. The third-order valence-corrected chi connectivity index (χ3v) is 6.17. The monoisotopic (exact) mass is 393 g/mol. The summed E-state index contributed by atoms with van der Waals surface area (Å²) in [6.45, 7) is 4.82. The Balaban J connectivity index is 0.00000210. The maximum atomic E-state index is 12.5. The van der Waals surface area contributed by atoms with Gasteiger partial charge in [0.05, 0.1) is 0 Å². The summed E-state index contributed by atoms with van der Waals surface area (Å²) >= 11 is 0. The zero-order valence-electron chi connectivity index (χ0n) is 15.7. The summed E-state index contributed by atoms with van der Waals surface area (Å²) in [7, 11) is 0. The lowest BCUT2D eigenvalue weighted by Crippen LogP contribution is -2.52. The van der Waals surface area contributed by atoms with Crippen LogP contribution in [0, 0.1) is 5.41 Å². The normalized spacial score (nSPS) is 23.0. The van der Waals surface area contributed by atoms with Gasteiger partial charge in [0.1, 0.15) is 0 Å². The summed E-state index contributed by atoms with van der Waals surface area (Å²) in [4.78, 5) is 39.7. The number of piperazine rings is 1. The molecule has 3 fully saturated rings. The Kier molecular flexibility index (Phi) is 6.32. The zero-order chi connectivity index (χ0) is 18.0. The lowest BCUT2D eigenvalue weighted by molar-refractivity contribution is -0.153. The fourth-order valence-corrected chi connectivity index (χ4v) is 4.63. The van der Waals surface area contributed by atoms with Gasteiger partial charge in [0.2, 0.25) is 17.8 Å². The quantitative estimate of drug-likeness (QED) is 0.725. The van der Waals surface area contributed by atoms with Gasteiger partial charge >= 0.3 is 0 Å². The third kappa shape index (κ3) is 4.41. The van der Waals surface area contributed by atoms with Crippen molar-refractivity contribution in [2.75, 3.05) is 44.2 Å². The number of nitrogens with zero attached hydrogens (tertiary/aromatic N) is 5. The second-order valence-corrected chi connectivity index (χ2v) is 7.88. The second kappa shape index (κ2) is 8.52. The van der Waals surface area contributed by atoms with E-state index in [0.29, 0.717) is 19.4 Å². The first-order valence-electron chi connectivity index (χ1n) is 9.73. The van der Waals surface area contributed by atoms with Crippen molar-refractivity contribution in [1.29, 1.82) is 0 Å². The van der Waals surface area contributed by atoms with Crippen LogP contribution in [0.1, 0.15) is 38.5 Å². The Morgan fingerprint density at radius 1 is 0.889 bits per heavy atom. The van der Waals surface area contributed by atoms with Gasteiger partial charge in [-0.3, -0.25) is 19.4 Å². The molecule has 3 heterocycles. The van der Waals surface area contributed by atoms with Crippen molar-refractivity contribution in [1.82, 2.24) is 19.8 Å². The van der Waals surface area contributed by atoms with Gasteiger partial charge in [0.15, 0.2) is 0 Å². The van der Waals surface area contributed by atoms with Gasteiger partial charge in [-0.2, -0.15) is 0 Å². The Hall–Kier alpha value is -1.73. The largest absolute Gasteiger partial charge is 0.338 e. The summed E-state index contributed by atoms with van der Waals surface area (Å²) in [6, 6.07) is 1.82. The molecule has 0 N–H and O–H groups in total. The molecule has 1 aromatic rings. The molecule has 1 aromatic heterocycles. The molecule has 0 radical (unpaired) electrons. The molecule has 1 spiro atoms. The van der Waals surface area contributed by atoms with Crippen molar-refractivity contribution in [3.05, 3.63) is 18.5 Å². The number of hydrogen-bond acceptors (Lipinski definition) is 6. The summed E-state index contributed by atoms with van der Waals surface area (Å²) in [5, 5.41) is 0. The first-order chi connectivity index (χ1) is 12.7. The van der Waals surface area contributed by atoms with Gasteiger partial charge in [0.25, 0.3) is 0 Å². The van der Waals surface area contributed by atoms with E-state index in [-0.39, 0.29) is 29.6 Å². The lowest BCUT2D eigenvalue weighted by Gasteiger charge is -2.39. The number of hydrogen-bond donors (Lipinski definition) is 0. The molecule has 0 bridgehead atoms. The predicted molar refractivity (Wildman–Crippen MR) is 105 cm³/mol. The standard InChI is InChI=1S/C19H27N5O2.ClH/c25-16-14-19(4-1-2-5-19)15-17(26)24(16)13-10-22-8-11-23(12-9-22)18-20-6-3-7-21-18;/h3,6-7H,1-2,4-5,8-15H2;1H. The number of carbonyl (C=O) groups is 2. The molecule has 3 aliphatic rings. The molecule has 8 heteroatoms. The van der Waals surface area contributed by atoms with Gasteiger partial charge in [-0.25, -0.2) is 9.97 Å². The van der Waals surface area contributed by atoms with E-state index in [1.165, 1.54) is 4.90 Å². The summed E-state index contributed by atoms with van der Waals surface area (Å²) in [6.07, 6.45) is 9.07. The Bertz CT molecular complexity index is 637. The van der Waals surface area contributed by atoms with E-state index in [2.05, 4.69) is 19.8 Å². The number of amides is 2. The van der Waals surface area contributed by atoms with Crippen molar-refractivity contribution in [2.24, 2.45) is 5.41 Å². The highest BCUT2D eigenvalue weighted by Crippen LogP contribution is 2.46. The van der Waals surface area contributed by atoms with Crippen LogP contribution < -0.4 is 4.90 Å². The van der Waals surface area contributed by atoms with Crippen molar-refractivity contribution in [3.63, 3.8) is 0 Å². The number of piperidine rings is 1. The molecule has 1 saturated carbocycles. The van der Waals surface area contributed by atoms with Crippen LogP contribution in [0.4, 0.5) is 5.95 Å². The fraction of sp³-hybridized carbons (Fsp3) is 0.684. The minimum Gasteiger partial charge on any atom is -0.338 e. The number of carbonyl (C=O) groups excluding carboxylic acids is 2. The summed E-state index contributed by atoms with van der Waals surface area (Å²) in [5.41, 5.74) is -0.00796. The third-order valence-electron chi connectivity index (χ3n) is 6.17. The average molecular weight is 394 g/mol. The highest BCUT2D eigenvalue weighted by atomic mass is 35.5. The molecule has 0 unspecified atom stereocenters. The first-order valence-corrected chi connectivity index (χ1v) is 9.73. The van der Waals surface area contributed by atoms with E-state index in [4.69, 9.17) is 0 Å². The fourth-order valence-electron chi connectivity index (χ4n) is 4.63. The van der Waals surface area contributed by atoms with Crippen LogP contribution in [0.25, 0.3) is 0 Å². The summed E-state index contributed by atoms with van der Waals surface area (Å²) in [5.74, 6) is 0.856. The molecule has 0 aromatic carbocycles. The Morgan fingerprint density at radius 3 is 2.07 bits per heavy atom. The Morgan fingerprint density at radius 2 is 1.48 bits per heavy atom. The molecule has 2 amide bonds. The lowest BCUT2D eigenvalue weighted by atomic mass is 9.76. The smallest absolute Gasteiger partial charge is 0.229 e.